The molecule has 24 heavy (non-hydrogen) atoms. The fourth-order valence-corrected chi connectivity index (χ4v) is 2.78. The minimum atomic E-state index is -0.174. The maximum Gasteiger partial charge on any atom is 0.271 e. The predicted molar refractivity (Wildman–Crippen MR) is 91.5 cm³/mol. The predicted octanol–water partition coefficient (Wildman–Crippen LogP) is 3.10. The molecule has 2 N–H and O–H groups in total. The lowest BCUT2D eigenvalue weighted by Gasteiger charge is -2.11. The van der Waals surface area contributed by atoms with Crippen molar-refractivity contribution in [3.8, 4) is 0 Å². The summed E-state index contributed by atoms with van der Waals surface area (Å²) in [6.45, 7) is 1.53. The van der Waals surface area contributed by atoms with Crippen molar-refractivity contribution in [2.24, 2.45) is 0 Å². The number of hydrogen-bond acceptors (Lipinski definition) is 5. The van der Waals surface area contributed by atoms with E-state index >= 15 is 0 Å². The third-order valence-corrected chi connectivity index (χ3v) is 4.14. The Morgan fingerprint density at radius 2 is 1.75 bits per heavy atom. The van der Waals surface area contributed by atoms with E-state index in [1.807, 2.05) is 0 Å². The van der Waals surface area contributed by atoms with Crippen LogP contribution in [-0.2, 0) is 0 Å². The van der Waals surface area contributed by atoms with E-state index in [2.05, 4.69) is 20.6 Å². The summed E-state index contributed by atoms with van der Waals surface area (Å²) in [6.07, 6.45) is 7.41. The van der Waals surface area contributed by atoms with E-state index in [0.717, 1.165) is 18.5 Å². The number of Topliss-reactive ketones (excluding diaryl/α,β-unsaturated/α-hetero) is 1. The van der Waals surface area contributed by atoms with E-state index < -0.39 is 0 Å². The molecule has 1 fully saturated rings. The van der Waals surface area contributed by atoms with Crippen molar-refractivity contribution in [3.63, 3.8) is 0 Å². The number of rotatable bonds is 5. The molecule has 3 rings (SSSR count). The highest BCUT2D eigenvalue weighted by Gasteiger charge is 2.18. The Bertz CT molecular complexity index is 720. The van der Waals surface area contributed by atoms with Gasteiger partial charge in [0, 0.05) is 17.3 Å². The van der Waals surface area contributed by atoms with Crippen molar-refractivity contribution in [1.29, 1.82) is 0 Å². The second-order valence-corrected chi connectivity index (χ2v) is 6.00. The highest BCUT2D eigenvalue weighted by atomic mass is 16.2. The first-order valence-corrected chi connectivity index (χ1v) is 8.13. The monoisotopic (exact) mass is 324 g/mol. The molecule has 1 aliphatic carbocycles. The highest BCUT2D eigenvalue weighted by Crippen LogP contribution is 2.18. The normalized spacial score (nSPS) is 14.4. The van der Waals surface area contributed by atoms with Crippen LogP contribution in [0.15, 0.2) is 36.7 Å². The van der Waals surface area contributed by atoms with Gasteiger partial charge in [0.1, 0.15) is 11.5 Å². The number of benzene rings is 1. The van der Waals surface area contributed by atoms with Gasteiger partial charge in [-0.3, -0.25) is 9.59 Å². The Labute approximate surface area is 140 Å². The van der Waals surface area contributed by atoms with E-state index in [9.17, 15) is 9.59 Å². The van der Waals surface area contributed by atoms with Gasteiger partial charge in [-0.25, -0.2) is 9.97 Å². The number of anilines is 2. The van der Waals surface area contributed by atoms with Crippen molar-refractivity contribution in [1.82, 2.24) is 15.3 Å². The Morgan fingerprint density at radius 3 is 2.33 bits per heavy atom. The summed E-state index contributed by atoms with van der Waals surface area (Å²) in [7, 11) is 0. The number of hydrogen-bond donors (Lipinski definition) is 2. The summed E-state index contributed by atoms with van der Waals surface area (Å²) >= 11 is 0. The topological polar surface area (TPSA) is 84.0 Å². The minimum Gasteiger partial charge on any atom is -0.348 e. The van der Waals surface area contributed by atoms with Crippen LogP contribution in [0.25, 0.3) is 0 Å². The summed E-state index contributed by atoms with van der Waals surface area (Å²) in [5.74, 6) is 0.397. The van der Waals surface area contributed by atoms with Gasteiger partial charge >= 0.3 is 0 Å². The summed E-state index contributed by atoms with van der Waals surface area (Å²) in [5, 5.41) is 6.08. The second-order valence-electron chi connectivity index (χ2n) is 6.00. The first kappa shape index (κ1) is 16.1. The maximum absolute atomic E-state index is 12.1. The van der Waals surface area contributed by atoms with E-state index in [0.29, 0.717) is 17.1 Å². The van der Waals surface area contributed by atoms with Crippen molar-refractivity contribution in [2.45, 2.75) is 38.6 Å². The molecule has 2 aromatic rings. The lowest BCUT2D eigenvalue weighted by molar-refractivity contribution is 0.0931. The van der Waals surface area contributed by atoms with Gasteiger partial charge in [-0.15, -0.1) is 0 Å². The van der Waals surface area contributed by atoms with Gasteiger partial charge in [0.15, 0.2) is 5.78 Å². The molecule has 1 saturated carbocycles. The van der Waals surface area contributed by atoms with Crippen molar-refractivity contribution < 1.29 is 9.59 Å². The molecular formula is C18H20N4O2. The first-order valence-electron chi connectivity index (χ1n) is 8.13. The number of carbonyl (C=O) groups excluding carboxylic acids is 2. The number of amides is 1. The molecule has 0 spiro atoms. The van der Waals surface area contributed by atoms with Crippen LogP contribution in [0.4, 0.5) is 11.5 Å². The van der Waals surface area contributed by atoms with Gasteiger partial charge in [0.25, 0.3) is 5.91 Å². The van der Waals surface area contributed by atoms with Crippen molar-refractivity contribution in [2.75, 3.05) is 5.32 Å². The molecule has 6 heteroatoms. The van der Waals surface area contributed by atoms with Gasteiger partial charge < -0.3 is 10.6 Å². The average molecular weight is 324 g/mol. The molecule has 124 valence electrons. The third kappa shape index (κ3) is 3.95. The fourth-order valence-electron chi connectivity index (χ4n) is 2.78. The summed E-state index contributed by atoms with van der Waals surface area (Å²) in [6, 6.07) is 7.37. The number of ketones is 1. The molecule has 0 aliphatic heterocycles. The molecule has 0 unspecified atom stereocenters. The van der Waals surface area contributed by atoms with Crippen LogP contribution in [-0.4, -0.2) is 27.7 Å². The van der Waals surface area contributed by atoms with Crippen LogP contribution >= 0.6 is 0 Å². The molecule has 0 bridgehead atoms. The summed E-state index contributed by atoms with van der Waals surface area (Å²) in [5.41, 5.74) is 1.78. The summed E-state index contributed by atoms with van der Waals surface area (Å²) in [4.78, 5) is 31.8. The average Bonchev–Trinajstić information content (AvgIpc) is 3.09. The number of carbonyl (C=O) groups is 2. The van der Waals surface area contributed by atoms with Crippen LogP contribution in [0.2, 0.25) is 0 Å². The van der Waals surface area contributed by atoms with Crippen LogP contribution in [0.1, 0.15) is 53.5 Å². The van der Waals surface area contributed by atoms with E-state index in [4.69, 9.17) is 0 Å². The lowest BCUT2D eigenvalue weighted by atomic mass is 10.1. The largest absolute Gasteiger partial charge is 0.348 e. The number of nitrogens with zero attached hydrogens (tertiary/aromatic N) is 2. The van der Waals surface area contributed by atoms with Gasteiger partial charge in [0.2, 0.25) is 0 Å². The molecule has 1 heterocycles. The molecule has 0 atom stereocenters. The quantitative estimate of drug-likeness (QED) is 0.826. The molecule has 1 aliphatic rings. The van der Waals surface area contributed by atoms with Crippen LogP contribution < -0.4 is 10.6 Å². The van der Waals surface area contributed by atoms with Crippen LogP contribution in [0, 0.1) is 0 Å². The minimum absolute atomic E-state index is 0.0268. The Kier molecular flexibility index (Phi) is 4.84. The van der Waals surface area contributed by atoms with Gasteiger partial charge in [-0.05, 0) is 44.0 Å². The van der Waals surface area contributed by atoms with Crippen molar-refractivity contribution in [3.05, 3.63) is 47.9 Å². The number of nitrogens with one attached hydrogen (secondary N) is 2. The molecule has 1 aromatic heterocycles. The SMILES string of the molecule is CC(=O)c1ccc(Nc2cnc(C(=O)NC3CCCC3)cn2)cc1. The zero-order valence-corrected chi connectivity index (χ0v) is 13.6. The molecule has 0 radical (unpaired) electrons. The molecule has 0 saturated heterocycles. The second kappa shape index (κ2) is 7.21. The Balaban J connectivity index is 1.61. The van der Waals surface area contributed by atoms with Crippen LogP contribution in [0.3, 0.4) is 0 Å². The van der Waals surface area contributed by atoms with E-state index in [-0.39, 0.29) is 17.7 Å². The van der Waals surface area contributed by atoms with Gasteiger partial charge in [-0.2, -0.15) is 0 Å². The van der Waals surface area contributed by atoms with Crippen LogP contribution in [0.5, 0.6) is 0 Å². The summed E-state index contributed by atoms with van der Waals surface area (Å²) < 4.78 is 0. The molecular weight excluding hydrogens is 304 g/mol. The maximum atomic E-state index is 12.1. The smallest absolute Gasteiger partial charge is 0.271 e. The first-order chi connectivity index (χ1) is 11.6. The third-order valence-electron chi connectivity index (χ3n) is 4.14. The fraction of sp³-hybridized carbons (Fsp3) is 0.333. The lowest BCUT2D eigenvalue weighted by Crippen LogP contribution is -2.33. The van der Waals surface area contributed by atoms with Gasteiger partial charge in [0.05, 0.1) is 12.4 Å². The Hall–Kier alpha value is -2.76. The van der Waals surface area contributed by atoms with Crippen molar-refractivity contribution >= 4 is 23.2 Å². The highest BCUT2D eigenvalue weighted by molar-refractivity contribution is 5.94. The zero-order chi connectivity index (χ0) is 16.9. The zero-order valence-electron chi connectivity index (χ0n) is 13.6. The standard InChI is InChI=1S/C18H20N4O2/c1-12(23)13-6-8-15(9-7-13)21-17-11-19-16(10-20-17)18(24)22-14-4-2-3-5-14/h6-11,14H,2-5H2,1H3,(H,20,21)(H,22,24). The van der Waals surface area contributed by atoms with E-state index in [1.165, 1.54) is 32.2 Å². The number of aromatic nitrogens is 2. The van der Waals surface area contributed by atoms with E-state index in [1.54, 1.807) is 24.3 Å². The molecule has 1 aromatic carbocycles. The van der Waals surface area contributed by atoms with Gasteiger partial charge in [-0.1, -0.05) is 12.8 Å². The Morgan fingerprint density at radius 1 is 1.04 bits per heavy atom. The molecule has 1 amide bonds. The molecule has 6 nitrogen and oxygen atoms in total.